The summed E-state index contributed by atoms with van der Waals surface area (Å²) >= 11 is 6.30. The van der Waals surface area contributed by atoms with Crippen LogP contribution in [0.1, 0.15) is 54.1 Å². The molecule has 2 N–H and O–H groups in total. The van der Waals surface area contributed by atoms with E-state index in [1.54, 1.807) is 48.5 Å². The second kappa shape index (κ2) is 13.3. The fourth-order valence-corrected chi connectivity index (χ4v) is 6.30. The van der Waals surface area contributed by atoms with Crippen LogP contribution in [0.4, 0.5) is 4.39 Å². The predicted octanol–water partition coefficient (Wildman–Crippen LogP) is 8.55. The van der Waals surface area contributed by atoms with Crippen molar-refractivity contribution in [3.63, 3.8) is 0 Å². The number of carboxylic acids is 1. The summed E-state index contributed by atoms with van der Waals surface area (Å²) in [5.74, 6) is 0.0582. The number of carboxylic acid groups (broad SMARTS) is 1. The number of fused-ring (bicyclic) bond motifs is 1. The summed E-state index contributed by atoms with van der Waals surface area (Å²) in [5, 5.41) is 23.9. The third-order valence-electron chi connectivity index (χ3n) is 8.33. The first-order valence-electron chi connectivity index (χ1n) is 14.8. The number of imidazole rings is 1. The number of aromatic carboxylic acids is 1. The topological polar surface area (TPSA) is 119 Å². The number of rotatable bonds is 8. The van der Waals surface area contributed by atoms with Crippen LogP contribution >= 0.6 is 24.0 Å². The van der Waals surface area contributed by atoms with Gasteiger partial charge in [-0.3, -0.25) is 0 Å². The van der Waals surface area contributed by atoms with E-state index in [-0.39, 0.29) is 30.6 Å². The first-order valence-corrected chi connectivity index (χ1v) is 15.1. The maximum Gasteiger partial charge on any atom is 0.335 e. The molecule has 12 heteroatoms. The van der Waals surface area contributed by atoms with Crippen molar-refractivity contribution in [2.45, 2.75) is 44.8 Å². The molecule has 234 valence electrons. The molecule has 1 saturated carbocycles. The highest BCUT2D eigenvalue weighted by molar-refractivity contribution is 6.30. The SMILES string of the molecule is Cl.O=C(O)c1ccc(-c2ccc(Cl)cc2COc2ccc(-c3nc4cc(-c5nnn[nH]5)ccc4n3C3CCCCC3)c(F)c2)cc1. The third kappa shape index (κ3) is 6.18. The van der Waals surface area contributed by atoms with Crippen molar-refractivity contribution >= 4 is 41.0 Å². The summed E-state index contributed by atoms with van der Waals surface area (Å²) in [4.78, 5) is 16.2. The standard InChI is InChI=1S/C34H28ClFN6O3.ClH/c35-24-11-13-27(20-6-8-21(9-7-20)34(43)44)23(16-24)19-45-26-12-14-28(29(36)18-26)33-37-30-17-22(32-38-40-41-39-32)10-15-31(30)42(33)25-4-2-1-3-5-25;/h6-18,25H,1-5,19H2,(H,43,44)(H,38,39,40,41);1H. The molecule has 2 aromatic heterocycles. The molecule has 0 bridgehead atoms. The maximum absolute atomic E-state index is 15.9. The fraction of sp³-hybridized carbons (Fsp3) is 0.206. The summed E-state index contributed by atoms with van der Waals surface area (Å²) in [6, 6.07) is 23.0. The Bertz CT molecular complexity index is 2010. The second-order valence-corrected chi connectivity index (χ2v) is 11.6. The van der Waals surface area contributed by atoms with Crippen LogP contribution in [0, 0.1) is 5.82 Å². The molecule has 7 rings (SSSR count). The van der Waals surface area contributed by atoms with Gasteiger partial charge in [0.1, 0.15) is 24.0 Å². The van der Waals surface area contributed by atoms with E-state index < -0.39 is 11.8 Å². The average molecular weight is 660 g/mol. The van der Waals surface area contributed by atoms with Crippen LogP contribution in [0.3, 0.4) is 0 Å². The molecule has 0 unspecified atom stereocenters. The lowest BCUT2D eigenvalue weighted by Gasteiger charge is -2.25. The molecule has 0 amide bonds. The number of tetrazole rings is 1. The van der Waals surface area contributed by atoms with Crippen molar-refractivity contribution in [3.8, 4) is 39.7 Å². The molecule has 6 aromatic rings. The Balaban J connectivity index is 0.00000372. The van der Waals surface area contributed by atoms with Gasteiger partial charge in [-0.1, -0.05) is 49.1 Å². The number of nitrogens with zero attached hydrogens (tertiary/aromatic N) is 5. The van der Waals surface area contributed by atoms with Crippen LogP contribution in [-0.4, -0.2) is 41.3 Å². The van der Waals surface area contributed by atoms with Crippen molar-refractivity contribution in [2.24, 2.45) is 0 Å². The third-order valence-corrected chi connectivity index (χ3v) is 8.57. The zero-order valence-electron chi connectivity index (χ0n) is 24.5. The van der Waals surface area contributed by atoms with E-state index in [4.69, 9.17) is 21.3 Å². The van der Waals surface area contributed by atoms with Gasteiger partial charge in [0.15, 0.2) is 5.82 Å². The first kappa shape index (κ1) is 31.2. The molecule has 0 atom stereocenters. The first-order chi connectivity index (χ1) is 21.9. The smallest absolute Gasteiger partial charge is 0.335 e. The van der Waals surface area contributed by atoms with Crippen molar-refractivity contribution in [1.29, 1.82) is 0 Å². The Morgan fingerprint density at radius 2 is 1.72 bits per heavy atom. The number of nitrogens with one attached hydrogen (secondary N) is 1. The van der Waals surface area contributed by atoms with Crippen LogP contribution in [0.15, 0.2) is 78.9 Å². The minimum atomic E-state index is -0.991. The van der Waals surface area contributed by atoms with Gasteiger partial charge in [0.2, 0.25) is 0 Å². The largest absolute Gasteiger partial charge is 0.489 e. The lowest BCUT2D eigenvalue weighted by Crippen LogP contribution is -2.14. The number of aromatic nitrogens is 6. The Morgan fingerprint density at radius 1 is 0.957 bits per heavy atom. The van der Waals surface area contributed by atoms with Crippen molar-refractivity contribution in [3.05, 3.63) is 101 Å². The van der Waals surface area contributed by atoms with Crippen LogP contribution in [-0.2, 0) is 6.61 Å². The Kier molecular flexibility index (Phi) is 9.01. The van der Waals surface area contributed by atoms with E-state index in [0.717, 1.165) is 59.0 Å². The highest BCUT2D eigenvalue weighted by atomic mass is 35.5. The summed E-state index contributed by atoms with van der Waals surface area (Å²) in [6.07, 6.45) is 5.46. The number of hydrogen-bond acceptors (Lipinski definition) is 6. The van der Waals surface area contributed by atoms with E-state index in [9.17, 15) is 9.90 Å². The Hall–Kier alpha value is -4.80. The molecule has 1 fully saturated rings. The van der Waals surface area contributed by atoms with Gasteiger partial charge < -0.3 is 14.4 Å². The molecule has 0 radical (unpaired) electrons. The average Bonchev–Trinajstić information content (AvgIpc) is 3.73. The molecule has 9 nitrogen and oxygen atoms in total. The van der Waals surface area contributed by atoms with Crippen LogP contribution in [0.2, 0.25) is 5.02 Å². The number of ether oxygens (including phenoxy) is 1. The minimum Gasteiger partial charge on any atom is -0.489 e. The monoisotopic (exact) mass is 658 g/mol. The van der Waals surface area contributed by atoms with Gasteiger partial charge in [0.25, 0.3) is 0 Å². The molecule has 0 aliphatic heterocycles. The molecule has 4 aromatic carbocycles. The van der Waals surface area contributed by atoms with E-state index in [1.807, 2.05) is 24.3 Å². The molecular formula is C34H29Cl2FN6O3. The van der Waals surface area contributed by atoms with E-state index in [2.05, 4.69) is 25.2 Å². The summed E-state index contributed by atoms with van der Waals surface area (Å²) in [7, 11) is 0. The Labute approximate surface area is 274 Å². The number of halogens is 3. The van der Waals surface area contributed by atoms with E-state index in [1.165, 1.54) is 12.5 Å². The normalized spacial score (nSPS) is 13.4. The van der Waals surface area contributed by atoms with Crippen molar-refractivity contribution < 1.29 is 19.0 Å². The number of carbonyl (C=O) groups is 1. The van der Waals surface area contributed by atoms with Gasteiger partial charge in [-0.2, -0.15) is 0 Å². The van der Waals surface area contributed by atoms with Gasteiger partial charge in [0, 0.05) is 22.7 Å². The summed E-state index contributed by atoms with van der Waals surface area (Å²) in [6.45, 7) is 0.134. The van der Waals surface area contributed by atoms with Crippen LogP contribution < -0.4 is 4.74 Å². The molecule has 0 spiro atoms. The summed E-state index contributed by atoms with van der Waals surface area (Å²) in [5.41, 5.74) is 5.53. The summed E-state index contributed by atoms with van der Waals surface area (Å²) < 4.78 is 24.2. The number of benzene rings is 4. The lowest BCUT2D eigenvalue weighted by atomic mass is 9.94. The van der Waals surface area contributed by atoms with Gasteiger partial charge in [-0.15, -0.1) is 17.5 Å². The number of aromatic amines is 1. The zero-order chi connectivity index (χ0) is 30.9. The molecule has 1 aliphatic rings. The fourth-order valence-electron chi connectivity index (χ4n) is 6.11. The molecule has 46 heavy (non-hydrogen) atoms. The van der Waals surface area contributed by atoms with Crippen LogP contribution in [0.5, 0.6) is 5.75 Å². The number of hydrogen-bond donors (Lipinski definition) is 2. The number of H-pyrrole nitrogens is 1. The van der Waals surface area contributed by atoms with Crippen LogP contribution in [0.25, 0.3) is 44.9 Å². The lowest BCUT2D eigenvalue weighted by molar-refractivity contribution is 0.0697. The van der Waals surface area contributed by atoms with Gasteiger partial charge in [-0.05, 0) is 94.6 Å². The predicted molar refractivity (Wildman–Crippen MR) is 176 cm³/mol. The van der Waals surface area contributed by atoms with Gasteiger partial charge >= 0.3 is 5.97 Å². The van der Waals surface area contributed by atoms with E-state index in [0.29, 0.717) is 28.0 Å². The van der Waals surface area contributed by atoms with Crippen molar-refractivity contribution in [1.82, 2.24) is 30.2 Å². The molecular weight excluding hydrogens is 630 g/mol. The molecule has 2 heterocycles. The molecule has 1 aliphatic carbocycles. The Morgan fingerprint density at radius 3 is 2.43 bits per heavy atom. The quantitative estimate of drug-likeness (QED) is 0.168. The minimum absolute atomic E-state index is 0. The zero-order valence-corrected chi connectivity index (χ0v) is 26.1. The van der Waals surface area contributed by atoms with Gasteiger partial charge in [-0.25, -0.2) is 19.3 Å². The van der Waals surface area contributed by atoms with Gasteiger partial charge in [0.05, 0.1) is 22.2 Å². The maximum atomic E-state index is 15.9. The highest BCUT2D eigenvalue weighted by Crippen LogP contribution is 2.38. The van der Waals surface area contributed by atoms with Crippen molar-refractivity contribution in [2.75, 3.05) is 0 Å². The molecule has 0 saturated heterocycles. The second-order valence-electron chi connectivity index (χ2n) is 11.2. The van der Waals surface area contributed by atoms with E-state index >= 15 is 4.39 Å². The highest BCUT2D eigenvalue weighted by Gasteiger charge is 2.24.